The lowest BCUT2D eigenvalue weighted by Crippen LogP contribution is -1.72. The highest BCUT2D eigenvalue weighted by atomic mass is 32.2. The molecule has 1 aromatic carbocycles. The minimum atomic E-state index is 1.14. The van der Waals surface area contributed by atoms with Crippen LogP contribution in [0.25, 0.3) is 10.1 Å². The van der Waals surface area contributed by atoms with Crippen LogP contribution in [0.15, 0.2) is 27.3 Å². The molecule has 0 saturated carbocycles. The number of hydrogen-bond donors (Lipinski definition) is 1. The Kier molecular flexibility index (Phi) is 2.58. The minimum Gasteiger partial charge on any atom is -0.141 e. The highest BCUT2D eigenvalue weighted by molar-refractivity contribution is 8.01. The van der Waals surface area contributed by atoms with Crippen molar-refractivity contribution in [3.05, 3.63) is 23.8 Å². The number of thiophene rings is 1. The van der Waals surface area contributed by atoms with Crippen LogP contribution < -0.4 is 0 Å². The second-order valence-electron chi connectivity index (χ2n) is 2.89. The lowest BCUT2D eigenvalue weighted by atomic mass is 10.1. The maximum Gasteiger partial charge on any atom is 0.0742 e. The zero-order valence-electron chi connectivity index (χ0n) is 7.50. The minimum absolute atomic E-state index is 1.14. The fourth-order valence-electron chi connectivity index (χ4n) is 1.42. The molecule has 0 aliphatic heterocycles. The maximum atomic E-state index is 4.55. The van der Waals surface area contributed by atoms with Crippen LogP contribution in [0.3, 0.4) is 0 Å². The topological polar surface area (TPSA) is 0 Å². The molecule has 2 aromatic rings. The average Bonchev–Trinajstić information content (AvgIpc) is 2.44. The molecule has 0 N–H and O–H groups in total. The van der Waals surface area contributed by atoms with Crippen LogP contribution in [-0.4, -0.2) is 6.26 Å². The summed E-state index contributed by atoms with van der Waals surface area (Å²) in [6.07, 6.45) is 2.10. The molecule has 0 aliphatic carbocycles. The largest absolute Gasteiger partial charge is 0.141 e. The SMILES string of the molecule is CSc1sc2cccc(C)c2c1S. The lowest BCUT2D eigenvalue weighted by molar-refractivity contribution is 1.42. The molecule has 0 spiro atoms. The molecule has 0 amide bonds. The summed E-state index contributed by atoms with van der Waals surface area (Å²) in [5, 5.41) is 1.32. The normalized spacial score (nSPS) is 11.0. The third-order valence-corrected chi connectivity index (χ3v) is 5.08. The van der Waals surface area contributed by atoms with E-state index in [4.69, 9.17) is 0 Å². The summed E-state index contributed by atoms with van der Waals surface area (Å²) in [4.78, 5) is 1.14. The fraction of sp³-hybridized carbons (Fsp3) is 0.200. The summed E-state index contributed by atoms with van der Waals surface area (Å²) >= 11 is 8.15. The van der Waals surface area contributed by atoms with Gasteiger partial charge in [-0.05, 0) is 24.8 Å². The first-order valence-electron chi connectivity index (χ1n) is 3.99. The van der Waals surface area contributed by atoms with Gasteiger partial charge in [0.25, 0.3) is 0 Å². The number of fused-ring (bicyclic) bond motifs is 1. The summed E-state index contributed by atoms with van der Waals surface area (Å²) in [7, 11) is 0. The Morgan fingerprint density at radius 1 is 1.38 bits per heavy atom. The van der Waals surface area contributed by atoms with Crippen LogP contribution in [0.2, 0.25) is 0 Å². The van der Waals surface area contributed by atoms with Crippen molar-refractivity contribution in [2.45, 2.75) is 16.0 Å². The highest BCUT2D eigenvalue weighted by Gasteiger charge is 2.09. The number of thiol groups is 1. The van der Waals surface area contributed by atoms with Crippen LogP contribution in [0, 0.1) is 6.92 Å². The van der Waals surface area contributed by atoms with Gasteiger partial charge in [0.1, 0.15) is 0 Å². The Hall–Kier alpha value is -0.120. The van der Waals surface area contributed by atoms with Gasteiger partial charge in [-0.3, -0.25) is 0 Å². The monoisotopic (exact) mass is 226 g/mol. The highest BCUT2D eigenvalue weighted by Crippen LogP contribution is 2.40. The van der Waals surface area contributed by atoms with Gasteiger partial charge < -0.3 is 0 Å². The molecule has 0 saturated heterocycles. The molecule has 0 aliphatic rings. The summed E-state index contributed by atoms with van der Waals surface area (Å²) < 4.78 is 2.65. The predicted octanol–water partition coefficient (Wildman–Crippen LogP) is 4.22. The maximum absolute atomic E-state index is 4.55. The van der Waals surface area contributed by atoms with Gasteiger partial charge in [0, 0.05) is 15.0 Å². The van der Waals surface area contributed by atoms with E-state index in [1.807, 2.05) is 11.3 Å². The Morgan fingerprint density at radius 3 is 2.77 bits per heavy atom. The van der Waals surface area contributed by atoms with Crippen molar-refractivity contribution < 1.29 is 0 Å². The van der Waals surface area contributed by atoms with Gasteiger partial charge in [0.2, 0.25) is 0 Å². The van der Waals surface area contributed by atoms with Crippen LogP contribution in [0.4, 0.5) is 0 Å². The summed E-state index contributed by atoms with van der Waals surface area (Å²) in [5.74, 6) is 0. The van der Waals surface area contributed by atoms with Gasteiger partial charge in [-0.2, -0.15) is 0 Å². The summed E-state index contributed by atoms with van der Waals surface area (Å²) in [6, 6.07) is 6.40. The third-order valence-electron chi connectivity index (χ3n) is 2.05. The average molecular weight is 226 g/mol. The van der Waals surface area contributed by atoms with Gasteiger partial charge in [-0.25, -0.2) is 0 Å². The zero-order chi connectivity index (χ0) is 9.42. The van der Waals surface area contributed by atoms with Crippen LogP contribution in [0.5, 0.6) is 0 Å². The fourth-order valence-corrected chi connectivity index (χ4v) is 4.01. The molecule has 0 unspecified atom stereocenters. The molecular weight excluding hydrogens is 216 g/mol. The van der Waals surface area contributed by atoms with Crippen molar-refractivity contribution in [1.29, 1.82) is 0 Å². The summed E-state index contributed by atoms with van der Waals surface area (Å²) in [5.41, 5.74) is 1.32. The number of rotatable bonds is 1. The molecule has 3 heteroatoms. The molecule has 0 radical (unpaired) electrons. The standard InChI is InChI=1S/C10H10S3/c1-6-4-3-5-7-8(6)9(11)10(12-2)13-7/h3-5,11H,1-2H3. The van der Waals surface area contributed by atoms with Crippen molar-refractivity contribution in [3.63, 3.8) is 0 Å². The predicted molar refractivity (Wildman–Crippen MR) is 65.6 cm³/mol. The van der Waals surface area contributed by atoms with Crippen molar-refractivity contribution in [3.8, 4) is 0 Å². The molecule has 2 rings (SSSR count). The number of benzene rings is 1. The first kappa shape index (κ1) is 9.44. The van der Waals surface area contributed by atoms with Crippen molar-refractivity contribution in [2.24, 2.45) is 0 Å². The molecular formula is C10H10S3. The lowest BCUT2D eigenvalue weighted by Gasteiger charge is -1.96. The van der Waals surface area contributed by atoms with E-state index >= 15 is 0 Å². The number of hydrogen-bond acceptors (Lipinski definition) is 3. The van der Waals surface area contributed by atoms with E-state index in [-0.39, 0.29) is 0 Å². The van der Waals surface area contributed by atoms with E-state index in [0.29, 0.717) is 0 Å². The molecule has 0 fully saturated rings. The first-order chi connectivity index (χ1) is 6.24. The Labute approximate surface area is 91.8 Å². The van der Waals surface area contributed by atoms with Crippen molar-refractivity contribution >= 4 is 45.8 Å². The Morgan fingerprint density at radius 2 is 2.15 bits per heavy atom. The first-order valence-corrected chi connectivity index (χ1v) is 6.48. The van der Waals surface area contributed by atoms with E-state index in [2.05, 4.69) is 44.0 Å². The Bertz CT molecular complexity index is 443. The molecule has 13 heavy (non-hydrogen) atoms. The molecule has 0 atom stereocenters. The number of thioether (sulfide) groups is 1. The Balaban J connectivity index is 2.85. The quantitative estimate of drug-likeness (QED) is 0.561. The molecule has 0 bridgehead atoms. The van der Waals surface area contributed by atoms with E-state index in [1.165, 1.54) is 19.9 Å². The van der Waals surface area contributed by atoms with Crippen LogP contribution >= 0.6 is 35.7 Å². The van der Waals surface area contributed by atoms with Gasteiger partial charge in [-0.1, -0.05) is 12.1 Å². The van der Waals surface area contributed by atoms with Crippen molar-refractivity contribution in [2.75, 3.05) is 6.26 Å². The third kappa shape index (κ3) is 1.49. The molecule has 0 nitrogen and oxygen atoms in total. The number of aryl methyl sites for hydroxylation is 1. The molecule has 1 heterocycles. The summed E-state index contributed by atoms with van der Waals surface area (Å²) in [6.45, 7) is 2.14. The van der Waals surface area contributed by atoms with Gasteiger partial charge >= 0.3 is 0 Å². The van der Waals surface area contributed by atoms with Crippen LogP contribution in [0.1, 0.15) is 5.56 Å². The van der Waals surface area contributed by atoms with Gasteiger partial charge in [0.15, 0.2) is 0 Å². The van der Waals surface area contributed by atoms with E-state index in [1.54, 1.807) is 11.8 Å². The van der Waals surface area contributed by atoms with E-state index in [9.17, 15) is 0 Å². The van der Waals surface area contributed by atoms with Crippen molar-refractivity contribution in [1.82, 2.24) is 0 Å². The van der Waals surface area contributed by atoms with E-state index in [0.717, 1.165) is 4.90 Å². The second-order valence-corrected chi connectivity index (χ2v) is 5.46. The van der Waals surface area contributed by atoms with Gasteiger partial charge in [-0.15, -0.1) is 35.7 Å². The smallest absolute Gasteiger partial charge is 0.0742 e. The molecule has 1 aromatic heterocycles. The van der Waals surface area contributed by atoms with Crippen LogP contribution in [-0.2, 0) is 0 Å². The van der Waals surface area contributed by atoms with Gasteiger partial charge in [0.05, 0.1) is 4.21 Å². The molecule has 68 valence electrons. The van der Waals surface area contributed by atoms with E-state index < -0.39 is 0 Å². The second kappa shape index (κ2) is 3.56. The zero-order valence-corrected chi connectivity index (χ0v) is 10.0.